The second kappa shape index (κ2) is 9.04. The molecule has 3 rings (SSSR count). The first kappa shape index (κ1) is 20.1. The van der Waals surface area contributed by atoms with Crippen molar-refractivity contribution in [3.63, 3.8) is 0 Å². The lowest BCUT2D eigenvalue weighted by atomic mass is 10.1. The number of carbonyl (C=O) groups is 2. The number of ether oxygens (including phenoxy) is 1. The summed E-state index contributed by atoms with van der Waals surface area (Å²) in [7, 11) is 0. The summed E-state index contributed by atoms with van der Waals surface area (Å²) in [5.41, 5.74) is 1.73. The Morgan fingerprint density at radius 3 is 2.07 bits per heavy atom. The molecule has 0 fully saturated rings. The van der Waals surface area contributed by atoms with Crippen molar-refractivity contribution < 1.29 is 14.3 Å². The third-order valence-corrected chi connectivity index (χ3v) is 4.81. The molecule has 0 saturated carbocycles. The smallest absolute Gasteiger partial charge is 0.255 e. The highest BCUT2D eigenvalue weighted by Gasteiger charge is 2.17. The van der Waals surface area contributed by atoms with Crippen LogP contribution >= 0.6 is 27.5 Å². The Balaban J connectivity index is 1.60. The first-order chi connectivity index (χ1) is 13.4. The maximum atomic E-state index is 12.4. The van der Waals surface area contributed by atoms with E-state index in [1.54, 1.807) is 67.6 Å². The van der Waals surface area contributed by atoms with Crippen molar-refractivity contribution in [1.82, 2.24) is 0 Å². The SMILES string of the molecule is CC(Oc1ccc(NC(=O)c2ccc(Br)cc2)cc1)C(=O)c1ccc(Cl)cc1. The molecule has 0 aliphatic carbocycles. The maximum absolute atomic E-state index is 12.4. The average molecular weight is 459 g/mol. The van der Waals surface area contributed by atoms with Crippen molar-refractivity contribution in [1.29, 1.82) is 0 Å². The number of hydrogen-bond donors (Lipinski definition) is 1. The fourth-order valence-corrected chi connectivity index (χ4v) is 2.92. The number of amides is 1. The molecule has 0 heterocycles. The van der Waals surface area contributed by atoms with Gasteiger partial charge in [-0.1, -0.05) is 27.5 Å². The van der Waals surface area contributed by atoms with E-state index in [2.05, 4.69) is 21.2 Å². The number of benzene rings is 3. The van der Waals surface area contributed by atoms with Crippen LogP contribution < -0.4 is 10.1 Å². The molecule has 6 heteroatoms. The number of ketones is 1. The number of carbonyl (C=O) groups excluding carboxylic acids is 2. The zero-order valence-corrected chi connectivity index (χ0v) is 17.3. The van der Waals surface area contributed by atoms with E-state index < -0.39 is 6.10 Å². The van der Waals surface area contributed by atoms with E-state index in [9.17, 15) is 9.59 Å². The van der Waals surface area contributed by atoms with E-state index in [-0.39, 0.29) is 11.7 Å². The Bertz CT molecular complexity index is 970. The van der Waals surface area contributed by atoms with Crippen molar-refractivity contribution >= 4 is 44.9 Å². The summed E-state index contributed by atoms with van der Waals surface area (Å²) in [6.45, 7) is 1.69. The summed E-state index contributed by atoms with van der Waals surface area (Å²) < 4.78 is 6.63. The monoisotopic (exact) mass is 457 g/mol. The van der Waals surface area contributed by atoms with Crippen LogP contribution in [0, 0.1) is 0 Å². The van der Waals surface area contributed by atoms with E-state index in [0.29, 0.717) is 27.6 Å². The second-order valence-electron chi connectivity index (χ2n) is 6.12. The van der Waals surface area contributed by atoms with Gasteiger partial charge in [-0.05, 0) is 79.7 Å². The van der Waals surface area contributed by atoms with Gasteiger partial charge >= 0.3 is 0 Å². The Kier molecular flexibility index (Phi) is 6.49. The van der Waals surface area contributed by atoms with Gasteiger partial charge in [0.2, 0.25) is 5.78 Å². The van der Waals surface area contributed by atoms with Crippen LogP contribution in [0.25, 0.3) is 0 Å². The molecular formula is C22H17BrClNO3. The fraction of sp³-hybridized carbons (Fsp3) is 0.0909. The molecule has 0 saturated heterocycles. The third kappa shape index (κ3) is 5.21. The minimum absolute atomic E-state index is 0.135. The number of hydrogen-bond acceptors (Lipinski definition) is 3. The van der Waals surface area contributed by atoms with E-state index >= 15 is 0 Å². The third-order valence-electron chi connectivity index (χ3n) is 4.03. The first-order valence-corrected chi connectivity index (χ1v) is 9.73. The minimum Gasteiger partial charge on any atom is -0.483 e. The summed E-state index contributed by atoms with van der Waals surface area (Å²) in [6, 6.07) is 20.7. The van der Waals surface area contributed by atoms with Crippen molar-refractivity contribution in [2.75, 3.05) is 5.32 Å². The van der Waals surface area contributed by atoms with Gasteiger partial charge in [-0.15, -0.1) is 0 Å². The van der Waals surface area contributed by atoms with Crippen molar-refractivity contribution in [3.05, 3.63) is 93.4 Å². The summed E-state index contributed by atoms with van der Waals surface area (Å²) in [5.74, 6) is 0.202. The van der Waals surface area contributed by atoms with Gasteiger partial charge in [0.05, 0.1) is 0 Å². The summed E-state index contributed by atoms with van der Waals surface area (Å²) in [4.78, 5) is 24.7. The topological polar surface area (TPSA) is 55.4 Å². The lowest BCUT2D eigenvalue weighted by molar-refractivity contribution is 0.0818. The molecule has 28 heavy (non-hydrogen) atoms. The van der Waals surface area contributed by atoms with Gasteiger partial charge in [-0.25, -0.2) is 0 Å². The van der Waals surface area contributed by atoms with E-state index in [0.717, 1.165) is 4.47 Å². The van der Waals surface area contributed by atoms with Gasteiger partial charge in [-0.2, -0.15) is 0 Å². The van der Waals surface area contributed by atoms with Crippen molar-refractivity contribution in [3.8, 4) is 5.75 Å². The Morgan fingerprint density at radius 1 is 0.893 bits per heavy atom. The standard InChI is InChI=1S/C22H17BrClNO3/c1-14(21(26)15-4-8-18(24)9-5-15)28-20-12-10-19(11-13-20)25-22(27)16-2-6-17(23)7-3-16/h2-14H,1H3,(H,25,27). The molecule has 0 radical (unpaired) electrons. The van der Waals surface area contributed by atoms with Gasteiger partial charge in [-0.3, -0.25) is 9.59 Å². The predicted molar refractivity (Wildman–Crippen MR) is 114 cm³/mol. The maximum Gasteiger partial charge on any atom is 0.255 e. The van der Waals surface area contributed by atoms with Gasteiger partial charge in [0.1, 0.15) is 5.75 Å². The highest BCUT2D eigenvalue weighted by Crippen LogP contribution is 2.20. The largest absolute Gasteiger partial charge is 0.483 e. The molecular weight excluding hydrogens is 442 g/mol. The molecule has 1 N–H and O–H groups in total. The normalized spacial score (nSPS) is 11.5. The molecule has 1 unspecified atom stereocenters. The van der Waals surface area contributed by atoms with Crippen LogP contribution in [-0.4, -0.2) is 17.8 Å². The van der Waals surface area contributed by atoms with Crippen LogP contribution in [0.5, 0.6) is 5.75 Å². The molecule has 1 atom stereocenters. The zero-order chi connectivity index (χ0) is 20.1. The number of halogens is 2. The quantitative estimate of drug-likeness (QED) is 0.461. The van der Waals surface area contributed by atoms with E-state index in [1.807, 2.05) is 12.1 Å². The minimum atomic E-state index is -0.649. The lowest BCUT2D eigenvalue weighted by Gasteiger charge is -2.14. The first-order valence-electron chi connectivity index (χ1n) is 8.56. The Labute approximate surface area is 176 Å². The second-order valence-corrected chi connectivity index (χ2v) is 7.47. The van der Waals surface area contributed by atoms with Crippen LogP contribution in [0.3, 0.4) is 0 Å². The molecule has 0 aromatic heterocycles. The Hall–Kier alpha value is -2.63. The Morgan fingerprint density at radius 2 is 1.46 bits per heavy atom. The van der Waals surface area contributed by atoms with E-state index in [1.165, 1.54) is 0 Å². The number of anilines is 1. The van der Waals surface area contributed by atoms with Crippen LogP contribution in [0.1, 0.15) is 27.6 Å². The van der Waals surface area contributed by atoms with Gasteiger partial charge in [0, 0.05) is 26.3 Å². The van der Waals surface area contributed by atoms with Crippen LogP contribution in [0.2, 0.25) is 5.02 Å². The molecule has 0 aliphatic rings. The van der Waals surface area contributed by atoms with Crippen molar-refractivity contribution in [2.45, 2.75) is 13.0 Å². The summed E-state index contributed by atoms with van der Waals surface area (Å²) in [6.07, 6.45) is -0.649. The molecule has 0 bridgehead atoms. The number of Topliss-reactive ketones (excluding diaryl/α,β-unsaturated/α-hetero) is 1. The highest BCUT2D eigenvalue weighted by molar-refractivity contribution is 9.10. The van der Waals surface area contributed by atoms with Gasteiger partial charge in [0.15, 0.2) is 6.10 Å². The van der Waals surface area contributed by atoms with E-state index in [4.69, 9.17) is 16.3 Å². The molecule has 0 aliphatic heterocycles. The van der Waals surface area contributed by atoms with Crippen LogP contribution in [0.4, 0.5) is 5.69 Å². The highest BCUT2D eigenvalue weighted by atomic mass is 79.9. The molecule has 4 nitrogen and oxygen atoms in total. The van der Waals surface area contributed by atoms with Gasteiger partial charge in [0.25, 0.3) is 5.91 Å². The molecule has 0 spiro atoms. The molecule has 3 aromatic carbocycles. The number of nitrogens with one attached hydrogen (secondary N) is 1. The number of rotatable bonds is 6. The molecule has 3 aromatic rings. The van der Waals surface area contributed by atoms with Gasteiger partial charge < -0.3 is 10.1 Å². The molecule has 1 amide bonds. The zero-order valence-electron chi connectivity index (χ0n) is 15.0. The molecule has 142 valence electrons. The summed E-state index contributed by atoms with van der Waals surface area (Å²) >= 11 is 9.19. The summed E-state index contributed by atoms with van der Waals surface area (Å²) in [5, 5.41) is 3.40. The fourth-order valence-electron chi connectivity index (χ4n) is 2.53. The van der Waals surface area contributed by atoms with Crippen molar-refractivity contribution in [2.24, 2.45) is 0 Å². The predicted octanol–water partition coefficient (Wildman–Crippen LogP) is 6.01. The van der Waals surface area contributed by atoms with Crippen LogP contribution in [0.15, 0.2) is 77.3 Å². The average Bonchev–Trinajstić information content (AvgIpc) is 2.70. The van der Waals surface area contributed by atoms with Crippen LogP contribution in [-0.2, 0) is 0 Å². The lowest BCUT2D eigenvalue weighted by Crippen LogP contribution is -2.23.